The fraction of sp³-hybridized carbons (Fsp3) is 0.533. The topological polar surface area (TPSA) is 41.6 Å². The van der Waals surface area contributed by atoms with E-state index in [0.717, 1.165) is 5.56 Å². The number of rotatable bonds is 4. The van der Waals surface area contributed by atoms with Crippen LogP contribution in [0, 0.1) is 5.82 Å². The highest BCUT2D eigenvalue weighted by Crippen LogP contribution is 2.08. The summed E-state index contributed by atoms with van der Waals surface area (Å²) in [6, 6.07) is 6.10. The number of ether oxygens (including phenoxy) is 1. The van der Waals surface area contributed by atoms with Crippen molar-refractivity contribution in [3.63, 3.8) is 0 Å². The van der Waals surface area contributed by atoms with Crippen LogP contribution in [-0.4, -0.2) is 49.7 Å². The van der Waals surface area contributed by atoms with Gasteiger partial charge in [-0.2, -0.15) is 0 Å². The molecular weight excluding hydrogens is 259 g/mol. The molecule has 1 saturated heterocycles. The van der Waals surface area contributed by atoms with E-state index >= 15 is 0 Å². The fourth-order valence-corrected chi connectivity index (χ4v) is 2.31. The van der Waals surface area contributed by atoms with Crippen molar-refractivity contribution in [2.45, 2.75) is 25.5 Å². The van der Waals surface area contributed by atoms with Crippen molar-refractivity contribution in [2.24, 2.45) is 0 Å². The smallest absolute Gasteiger partial charge is 0.242 e. The van der Waals surface area contributed by atoms with Crippen LogP contribution in [0.5, 0.6) is 0 Å². The van der Waals surface area contributed by atoms with E-state index in [4.69, 9.17) is 4.74 Å². The van der Waals surface area contributed by atoms with Crippen molar-refractivity contribution in [1.29, 1.82) is 0 Å². The number of hydrogen-bond donors (Lipinski definition) is 1. The summed E-state index contributed by atoms with van der Waals surface area (Å²) in [6.07, 6.45) is 0.606. The predicted octanol–water partition coefficient (Wildman–Crippen LogP) is 1.20. The first-order valence-electron chi connectivity index (χ1n) is 6.92. The number of benzene rings is 1. The van der Waals surface area contributed by atoms with Gasteiger partial charge in [0.05, 0.1) is 12.7 Å². The van der Waals surface area contributed by atoms with Crippen molar-refractivity contribution in [2.75, 3.05) is 26.7 Å². The van der Waals surface area contributed by atoms with Crippen LogP contribution < -0.4 is 5.32 Å². The molecule has 20 heavy (non-hydrogen) atoms. The van der Waals surface area contributed by atoms with Gasteiger partial charge in [-0.3, -0.25) is 4.79 Å². The molecule has 1 fully saturated rings. The Bertz CT molecular complexity index is 450. The SMILES string of the molecule is C[C@H]1OCCN[C@@H]1C(=O)N(C)CCc1ccc(F)cc1. The van der Waals surface area contributed by atoms with Gasteiger partial charge in [0.1, 0.15) is 11.9 Å². The van der Waals surface area contributed by atoms with Crippen LogP contribution in [0.3, 0.4) is 0 Å². The minimum atomic E-state index is -0.276. The first kappa shape index (κ1) is 14.9. The van der Waals surface area contributed by atoms with Gasteiger partial charge in [-0.1, -0.05) is 12.1 Å². The molecule has 1 aliphatic rings. The third-order valence-electron chi connectivity index (χ3n) is 3.61. The summed E-state index contributed by atoms with van der Waals surface area (Å²) in [5, 5.41) is 3.19. The molecule has 0 bridgehead atoms. The molecule has 0 radical (unpaired) electrons. The molecule has 4 nitrogen and oxygen atoms in total. The Kier molecular flexibility index (Phi) is 5.09. The maximum Gasteiger partial charge on any atom is 0.242 e. The zero-order valence-electron chi connectivity index (χ0n) is 11.9. The zero-order valence-corrected chi connectivity index (χ0v) is 11.9. The largest absolute Gasteiger partial charge is 0.375 e. The molecule has 1 aromatic carbocycles. The summed E-state index contributed by atoms with van der Waals surface area (Å²) in [6.45, 7) is 3.86. The van der Waals surface area contributed by atoms with E-state index in [1.165, 1.54) is 12.1 Å². The van der Waals surface area contributed by atoms with Gasteiger partial charge >= 0.3 is 0 Å². The van der Waals surface area contributed by atoms with Gasteiger partial charge in [0, 0.05) is 20.1 Å². The van der Waals surface area contributed by atoms with Gasteiger partial charge in [0.15, 0.2) is 0 Å². The number of morpholine rings is 1. The van der Waals surface area contributed by atoms with Gasteiger partial charge < -0.3 is 15.0 Å². The predicted molar refractivity (Wildman–Crippen MR) is 74.9 cm³/mol. The molecule has 0 saturated carbocycles. The summed E-state index contributed by atoms with van der Waals surface area (Å²) in [5.41, 5.74) is 1.02. The van der Waals surface area contributed by atoms with Gasteiger partial charge in [-0.05, 0) is 31.0 Å². The van der Waals surface area contributed by atoms with Crippen LogP contribution in [0.25, 0.3) is 0 Å². The molecule has 0 spiro atoms. The summed E-state index contributed by atoms with van der Waals surface area (Å²) in [7, 11) is 1.79. The highest BCUT2D eigenvalue weighted by atomic mass is 19.1. The van der Waals surface area contributed by atoms with E-state index in [0.29, 0.717) is 26.1 Å². The Morgan fingerprint density at radius 3 is 2.80 bits per heavy atom. The number of nitrogens with zero attached hydrogens (tertiary/aromatic N) is 1. The zero-order chi connectivity index (χ0) is 14.5. The molecule has 1 N–H and O–H groups in total. The molecule has 0 unspecified atom stereocenters. The van der Waals surface area contributed by atoms with Crippen molar-refractivity contribution < 1.29 is 13.9 Å². The lowest BCUT2D eigenvalue weighted by molar-refractivity contribution is -0.138. The van der Waals surface area contributed by atoms with Crippen molar-refractivity contribution in [3.05, 3.63) is 35.6 Å². The third kappa shape index (κ3) is 3.77. The number of carbonyl (C=O) groups is 1. The first-order valence-corrected chi connectivity index (χ1v) is 6.92. The molecule has 2 atom stereocenters. The second-order valence-electron chi connectivity index (χ2n) is 5.14. The Labute approximate surface area is 118 Å². The second kappa shape index (κ2) is 6.81. The standard InChI is InChI=1S/C15H21FN2O2/c1-11-14(17-8-10-20-11)15(19)18(2)9-7-12-3-5-13(16)6-4-12/h3-6,11,14,17H,7-10H2,1-2H3/t11-,14+/m1/s1. The number of likely N-dealkylation sites (N-methyl/N-ethyl adjacent to an activating group) is 1. The third-order valence-corrected chi connectivity index (χ3v) is 3.61. The number of carbonyl (C=O) groups excluding carboxylic acids is 1. The lowest BCUT2D eigenvalue weighted by Gasteiger charge is -2.32. The molecule has 2 rings (SSSR count). The van der Waals surface area contributed by atoms with Crippen molar-refractivity contribution in [1.82, 2.24) is 10.2 Å². The fourth-order valence-electron chi connectivity index (χ4n) is 2.31. The molecule has 1 heterocycles. The van der Waals surface area contributed by atoms with E-state index in [1.807, 2.05) is 6.92 Å². The molecule has 110 valence electrons. The van der Waals surface area contributed by atoms with Gasteiger partial charge in [0.2, 0.25) is 5.91 Å². The average molecular weight is 280 g/mol. The van der Waals surface area contributed by atoms with E-state index in [9.17, 15) is 9.18 Å². The quantitative estimate of drug-likeness (QED) is 0.901. The maximum absolute atomic E-state index is 12.8. The van der Waals surface area contributed by atoms with Crippen molar-refractivity contribution >= 4 is 5.91 Å². The molecule has 0 aromatic heterocycles. The summed E-state index contributed by atoms with van der Waals surface area (Å²) < 4.78 is 18.3. The van der Waals surface area contributed by atoms with E-state index in [-0.39, 0.29) is 23.9 Å². The van der Waals surface area contributed by atoms with Crippen molar-refractivity contribution in [3.8, 4) is 0 Å². The molecule has 0 aliphatic carbocycles. The molecule has 1 aliphatic heterocycles. The molecule has 5 heteroatoms. The van der Waals surface area contributed by atoms with E-state index < -0.39 is 0 Å². The normalized spacial score (nSPS) is 22.6. The summed E-state index contributed by atoms with van der Waals surface area (Å²) >= 11 is 0. The summed E-state index contributed by atoms with van der Waals surface area (Å²) in [5.74, 6) is -0.199. The molecular formula is C15H21FN2O2. The number of halogens is 1. The highest BCUT2D eigenvalue weighted by molar-refractivity contribution is 5.82. The maximum atomic E-state index is 12.8. The lowest BCUT2D eigenvalue weighted by atomic mass is 10.1. The Morgan fingerprint density at radius 2 is 2.15 bits per heavy atom. The first-order chi connectivity index (χ1) is 9.58. The lowest BCUT2D eigenvalue weighted by Crippen LogP contribution is -2.55. The van der Waals surface area contributed by atoms with Crippen LogP contribution in [0.4, 0.5) is 4.39 Å². The Morgan fingerprint density at radius 1 is 1.45 bits per heavy atom. The Balaban J connectivity index is 1.86. The van der Waals surface area contributed by atoms with Crippen LogP contribution in [0.2, 0.25) is 0 Å². The average Bonchev–Trinajstić information content (AvgIpc) is 2.46. The van der Waals surface area contributed by atoms with E-state index in [1.54, 1.807) is 24.1 Å². The number of amides is 1. The molecule has 1 amide bonds. The Hall–Kier alpha value is -1.46. The van der Waals surface area contributed by atoms with Crippen LogP contribution in [0.15, 0.2) is 24.3 Å². The summed E-state index contributed by atoms with van der Waals surface area (Å²) in [4.78, 5) is 14.0. The number of nitrogens with one attached hydrogen (secondary N) is 1. The van der Waals surface area contributed by atoms with Gasteiger partial charge in [-0.25, -0.2) is 4.39 Å². The van der Waals surface area contributed by atoms with Crippen LogP contribution >= 0.6 is 0 Å². The van der Waals surface area contributed by atoms with Crippen LogP contribution in [-0.2, 0) is 16.0 Å². The second-order valence-corrected chi connectivity index (χ2v) is 5.14. The van der Waals surface area contributed by atoms with Crippen LogP contribution in [0.1, 0.15) is 12.5 Å². The minimum Gasteiger partial charge on any atom is -0.375 e. The highest BCUT2D eigenvalue weighted by Gasteiger charge is 2.30. The minimum absolute atomic E-state index is 0.0410. The monoisotopic (exact) mass is 280 g/mol. The van der Waals surface area contributed by atoms with E-state index in [2.05, 4.69) is 5.32 Å². The number of hydrogen-bond acceptors (Lipinski definition) is 3. The van der Waals surface area contributed by atoms with Gasteiger partial charge in [-0.15, -0.1) is 0 Å². The van der Waals surface area contributed by atoms with Gasteiger partial charge in [0.25, 0.3) is 0 Å². The molecule has 1 aromatic rings.